The number of hydrogen-bond acceptors (Lipinski definition) is 3. The fraction of sp³-hybridized carbons (Fsp3) is 0.556. The number of hydrogen-bond donors (Lipinski definition) is 1. The van der Waals surface area contributed by atoms with E-state index in [0.29, 0.717) is 12.8 Å². The largest absolute Gasteiger partial charge is 0.481 e. The number of ether oxygens (including phenoxy) is 1. The number of aliphatic carboxylic acids is 1. The first-order valence-corrected chi connectivity index (χ1v) is 15.6. The van der Waals surface area contributed by atoms with E-state index in [-0.39, 0.29) is 18.5 Å². The van der Waals surface area contributed by atoms with Crippen LogP contribution in [0, 0.1) is 0 Å². The SMILES string of the molecule is CC/C=C\C/C=C\C/C=C\C/C=C\C/C=C\CCCC(=O)OC(/C=C\C/C=C\CCC)CCCCCCC(=O)O. The lowest BCUT2D eigenvalue weighted by molar-refractivity contribution is -0.147. The maximum absolute atomic E-state index is 12.4. The molecular formula is C36H56O4. The summed E-state index contributed by atoms with van der Waals surface area (Å²) < 4.78 is 5.76. The average Bonchev–Trinajstić information content (AvgIpc) is 2.93. The summed E-state index contributed by atoms with van der Waals surface area (Å²) in [6.07, 6.45) is 44.7. The van der Waals surface area contributed by atoms with E-state index in [1.807, 2.05) is 6.08 Å². The maximum atomic E-state index is 12.4. The van der Waals surface area contributed by atoms with Crippen LogP contribution in [0.1, 0.15) is 123 Å². The van der Waals surface area contributed by atoms with Crippen molar-refractivity contribution in [3.8, 4) is 0 Å². The number of allylic oxidation sites excluding steroid dienone is 13. The smallest absolute Gasteiger partial charge is 0.306 e. The Bertz CT molecular complexity index is 811. The van der Waals surface area contributed by atoms with Crippen molar-refractivity contribution < 1.29 is 19.4 Å². The number of rotatable bonds is 26. The summed E-state index contributed by atoms with van der Waals surface area (Å²) in [7, 11) is 0. The van der Waals surface area contributed by atoms with Crippen LogP contribution in [0.4, 0.5) is 0 Å². The van der Waals surface area contributed by atoms with Gasteiger partial charge in [0.1, 0.15) is 6.10 Å². The second-order valence-corrected chi connectivity index (χ2v) is 9.90. The van der Waals surface area contributed by atoms with E-state index in [9.17, 15) is 9.59 Å². The summed E-state index contributed by atoms with van der Waals surface area (Å²) in [6.45, 7) is 4.31. The van der Waals surface area contributed by atoms with E-state index in [1.54, 1.807) is 0 Å². The first kappa shape index (κ1) is 37.1. The van der Waals surface area contributed by atoms with E-state index >= 15 is 0 Å². The Morgan fingerprint density at radius 2 is 1.12 bits per heavy atom. The number of carbonyl (C=O) groups excluding carboxylic acids is 1. The molecule has 0 radical (unpaired) electrons. The number of carboxylic acids is 1. The summed E-state index contributed by atoms with van der Waals surface area (Å²) in [5.74, 6) is -0.884. The van der Waals surface area contributed by atoms with Gasteiger partial charge in [-0.2, -0.15) is 0 Å². The molecule has 0 spiro atoms. The minimum absolute atomic E-state index is 0.144. The standard InChI is InChI=1S/C36H56O4/c1-3-5-7-9-11-12-13-14-15-16-17-18-19-20-21-23-29-33-36(39)40-34(30-26-22-10-8-6-4-2)31-27-24-25-28-32-35(37)38/h5,7-8,10-12,14-15,17-18,20-21,26,30,34H,3-4,6,9,13,16,19,22-25,27-29,31-33H2,1-2H3,(H,37,38)/b7-5-,10-8-,12-11-,15-14-,18-17-,21-20-,30-26-. The molecule has 4 nitrogen and oxygen atoms in total. The molecule has 0 aromatic heterocycles. The molecule has 0 saturated heterocycles. The lowest BCUT2D eigenvalue weighted by atomic mass is 10.1. The molecule has 0 aromatic carbocycles. The fourth-order valence-corrected chi connectivity index (χ4v) is 3.82. The van der Waals surface area contributed by atoms with Gasteiger partial charge in [-0.3, -0.25) is 9.59 Å². The highest BCUT2D eigenvalue weighted by molar-refractivity contribution is 5.69. The number of carboxylic acid groups (broad SMARTS) is 1. The molecule has 1 unspecified atom stereocenters. The zero-order valence-electron chi connectivity index (χ0n) is 25.4. The molecule has 0 aliphatic rings. The third-order valence-corrected chi connectivity index (χ3v) is 6.07. The van der Waals surface area contributed by atoms with Gasteiger partial charge < -0.3 is 9.84 Å². The maximum Gasteiger partial charge on any atom is 0.306 e. The monoisotopic (exact) mass is 552 g/mol. The molecule has 0 amide bonds. The molecule has 40 heavy (non-hydrogen) atoms. The zero-order valence-corrected chi connectivity index (χ0v) is 25.4. The van der Waals surface area contributed by atoms with E-state index in [1.165, 1.54) is 0 Å². The van der Waals surface area contributed by atoms with Gasteiger partial charge in [0, 0.05) is 12.8 Å². The molecule has 1 atom stereocenters. The Labute approximate surface area is 245 Å². The quantitative estimate of drug-likeness (QED) is 0.0658. The predicted octanol–water partition coefficient (Wildman–Crippen LogP) is 10.5. The molecular weight excluding hydrogens is 496 g/mol. The molecule has 4 heteroatoms. The van der Waals surface area contributed by atoms with Crippen LogP contribution in [0.15, 0.2) is 85.1 Å². The van der Waals surface area contributed by atoms with Crippen LogP contribution in [0.25, 0.3) is 0 Å². The van der Waals surface area contributed by atoms with Gasteiger partial charge in [0.15, 0.2) is 0 Å². The third kappa shape index (κ3) is 29.7. The molecule has 0 rings (SSSR count). The summed E-state index contributed by atoms with van der Waals surface area (Å²) in [6, 6.07) is 0. The molecule has 0 aliphatic carbocycles. The van der Waals surface area contributed by atoms with Crippen molar-refractivity contribution in [2.24, 2.45) is 0 Å². The topological polar surface area (TPSA) is 63.6 Å². The molecule has 0 aliphatic heterocycles. The van der Waals surface area contributed by atoms with Crippen LogP contribution < -0.4 is 0 Å². The van der Waals surface area contributed by atoms with Gasteiger partial charge in [-0.05, 0) is 83.1 Å². The first-order chi connectivity index (χ1) is 19.6. The van der Waals surface area contributed by atoms with Crippen molar-refractivity contribution in [1.29, 1.82) is 0 Å². The lowest BCUT2D eigenvalue weighted by Gasteiger charge is -2.14. The second-order valence-electron chi connectivity index (χ2n) is 9.90. The highest BCUT2D eigenvalue weighted by Crippen LogP contribution is 2.13. The Morgan fingerprint density at radius 3 is 1.70 bits per heavy atom. The van der Waals surface area contributed by atoms with Crippen molar-refractivity contribution in [2.45, 2.75) is 129 Å². The Hall–Kier alpha value is -2.88. The van der Waals surface area contributed by atoms with Crippen molar-refractivity contribution in [3.05, 3.63) is 85.1 Å². The summed E-state index contributed by atoms with van der Waals surface area (Å²) in [4.78, 5) is 23.1. The van der Waals surface area contributed by atoms with Crippen LogP contribution in [0.2, 0.25) is 0 Å². The molecule has 0 saturated carbocycles. The van der Waals surface area contributed by atoms with Gasteiger partial charge >= 0.3 is 11.9 Å². The van der Waals surface area contributed by atoms with Crippen LogP contribution in [-0.2, 0) is 14.3 Å². The van der Waals surface area contributed by atoms with Gasteiger partial charge in [-0.15, -0.1) is 0 Å². The van der Waals surface area contributed by atoms with Gasteiger partial charge in [0.25, 0.3) is 0 Å². The third-order valence-electron chi connectivity index (χ3n) is 6.07. The second kappa shape index (κ2) is 30.7. The van der Waals surface area contributed by atoms with Crippen LogP contribution >= 0.6 is 0 Å². The first-order valence-electron chi connectivity index (χ1n) is 15.6. The normalized spacial score (nSPS) is 13.4. The van der Waals surface area contributed by atoms with Gasteiger partial charge in [-0.25, -0.2) is 0 Å². The minimum Gasteiger partial charge on any atom is -0.481 e. The van der Waals surface area contributed by atoms with Crippen LogP contribution in [0.5, 0.6) is 0 Å². The van der Waals surface area contributed by atoms with E-state index in [4.69, 9.17) is 9.84 Å². The molecule has 0 aromatic rings. The lowest BCUT2D eigenvalue weighted by Crippen LogP contribution is -2.16. The average molecular weight is 553 g/mol. The molecule has 0 bridgehead atoms. The Kier molecular flexibility index (Phi) is 28.5. The fourth-order valence-electron chi connectivity index (χ4n) is 3.82. The molecule has 0 heterocycles. The van der Waals surface area contributed by atoms with Gasteiger partial charge in [0.2, 0.25) is 0 Å². The van der Waals surface area contributed by atoms with Crippen LogP contribution in [-0.4, -0.2) is 23.1 Å². The molecule has 0 fully saturated rings. The van der Waals surface area contributed by atoms with E-state index in [0.717, 1.165) is 89.9 Å². The van der Waals surface area contributed by atoms with Crippen molar-refractivity contribution in [1.82, 2.24) is 0 Å². The van der Waals surface area contributed by atoms with Crippen molar-refractivity contribution >= 4 is 11.9 Å². The van der Waals surface area contributed by atoms with Crippen molar-refractivity contribution in [3.63, 3.8) is 0 Å². The summed E-state index contributed by atoms with van der Waals surface area (Å²) >= 11 is 0. The van der Waals surface area contributed by atoms with Gasteiger partial charge in [-0.1, -0.05) is 112 Å². The Morgan fingerprint density at radius 1 is 0.600 bits per heavy atom. The van der Waals surface area contributed by atoms with Crippen molar-refractivity contribution in [2.75, 3.05) is 0 Å². The number of esters is 1. The van der Waals surface area contributed by atoms with Gasteiger partial charge in [0.05, 0.1) is 0 Å². The number of unbranched alkanes of at least 4 members (excludes halogenated alkanes) is 5. The minimum atomic E-state index is -0.740. The molecule has 1 N–H and O–H groups in total. The van der Waals surface area contributed by atoms with E-state index < -0.39 is 5.97 Å². The predicted molar refractivity (Wildman–Crippen MR) is 171 cm³/mol. The summed E-state index contributed by atoms with van der Waals surface area (Å²) in [5.41, 5.74) is 0. The number of carbonyl (C=O) groups is 2. The van der Waals surface area contributed by atoms with E-state index in [2.05, 4.69) is 92.8 Å². The Balaban J connectivity index is 4.17. The highest BCUT2D eigenvalue weighted by Gasteiger charge is 2.11. The summed E-state index contributed by atoms with van der Waals surface area (Å²) in [5, 5.41) is 8.76. The highest BCUT2D eigenvalue weighted by atomic mass is 16.5. The van der Waals surface area contributed by atoms with Crippen LogP contribution in [0.3, 0.4) is 0 Å². The molecule has 224 valence electrons. The zero-order chi connectivity index (χ0) is 29.4.